The average molecular weight is 326 g/mol. The smallest absolute Gasteiger partial charge is 0.144 e. The van der Waals surface area contributed by atoms with Gasteiger partial charge in [-0.25, -0.2) is 4.99 Å². The molecule has 0 saturated carbocycles. The molecule has 5 nitrogen and oxygen atoms in total. The van der Waals surface area contributed by atoms with Gasteiger partial charge < -0.3 is 5.73 Å². The molecular formula is C17H16ClN5. The first-order chi connectivity index (χ1) is 11.1. The number of rotatable bonds is 2. The van der Waals surface area contributed by atoms with Crippen LogP contribution in [0.3, 0.4) is 0 Å². The molecule has 1 aliphatic rings. The van der Waals surface area contributed by atoms with E-state index >= 15 is 0 Å². The second-order valence-electron chi connectivity index (χ2n) is 5.12. The normalized spacial score (nSPS) is 14.4. The Balaban J connectivity index is 2.08. The van der Waals surface area contributed by atoms with E-state index in [-0.39, 0.29) is 0 Å². The molecule has 0 aliphatic carbocycles. The van der Waals surface area contributed by atoms with Crippen molar-refractivity contribution >= 4 is 34.7 Å². The van der Waals surface area contributed by atoms with Crippen molar-refractivity contribution in [3.8, 4) is 0 Å². The molecule has 1 aliphatic heterocycles. The van der Waals surface area contributed by atoms with E-state index in [4.69, 9.17) is 17.3 Å². The lowest BCUT2D eigenvalue weighted by Crippen LogP contribution is -2.23. The Kier molecular flexibility index (Phi) is 4.39. The van der Waals surface area contributed by atoms with Gasteiger partial charge in [0.1, 0.15) is 11.7 Å². The Hall–Kier alpha value is -2.66. The quantitative estimate of drug-likeness (QED) is 0.506. The van der Waals surface area contributed by atoms with Gasteiger partial charge in [0.2, 0.25) is 0 Å². The third-order valence-electron chi connectivity index (χ3n) is 3.26. The van der Waals surface area contributed by atoms with Crippen molar-refractivity contribution in [3.63, 3.8) is 0 Å². The highest BCUT2D eigenvalue weighted by molar-refractivity contribution is 6.31. The van der Waals surface area contributed by atoms with Crippen LogP contribution in [0, 0.1) is 0 Å². The summed E-state index contributed by atoms with van der Waals surface area (Å²) < 4.78 is 0. The summed E-state index contributed by atoms with van der Waals surface area (Å²) in [5.74, 6) is 1.06. The van der Waals surface area contributed by atoms with E-state index in [1.165, 1.54) is 0 Å². The van der Waals surface area contributed by atoms with Gasteiger partial charge >= 0.3 is 0 Å². The highest BCUT2D eigenvalue weighted by Gasteiger charge is 2.16. The second-order valence-corrected chi connectivity index (χ2v) is 5.55. The summed E-state index contributed by atoms with van der Waals surface area (Å²) in [6, 6.07) is 15.5. The molecule has 0 bridgehead atoms. The summed E-state index contributed by atoms with van der Waals surface area (Å²) >= 11 is 6.16. The van der Waals surface area contributed by atoms with Crippen LogP contribution in [-0.2, 0) is 0 Å². The summed E-state index contributed by atoms with van der Waals surface area (Å²) in [6.45, 7) is 2.09. The van der Waals surface area contributed by atoms with Crippen molar-refractivity contribution in [2.75, 3.05) is 6.54 Å². The Bertz CT molecular complexity index is 805. The third-order valence-corrected chi connectivity index (χ3v) is 3.50. The number of hydrogen-bond acceptors (Lipinski definition) is 4. The maximum atomic E-state index is 6.16. The summed E-state index contributed by atoms with van der Waals surface area (Å²) in [5.41, 5.74) is 12.0. The lowest BCUT2D eigenvalue weighted by molar-refractivity contribution is 0.984. The number of hydrazone groups is 1. The van der Waals surface area contributed by atoms with Crippen LogP contribution in [0.15, 0.2) is 63.6 Å². The fourth-order valence-electron chi connectivity index (χ4n) is 2.27. The third kappa shape index (κ3) is 3.57. The first-order valence-corrected chi connectivity index (χ1v) is 7.54. The van der Waals surface area contributed by atoms with E-state index in [1.54, 1.807) is 6.92 Å². The van der Waals surface area contributed by atoms with Crippen molar-refractivity contribution in [3.05, 3.63) is 64.7 Å². The minimum absolute atomic E-state index is 0.382. The van der Waals surface area contributed by atoms with E-state index in [0.29, 0.717) is 23.2 Å². The van der Waals surface area contributed by atoms with Crippen LogP contribution in [-0.4, -0.2) is 23.9 Å². The number of hydrogen-bond donors (Lipinski definition) is 2. The fraction of sp³-hybridized carbons (Fsp3) is 0.118. The van der Waals surface area contributed by atoms with Crippen LogP contribution < -0.4 is 11.2 Å². The molecule has 23 heavy (non-hydrogen) atoms. The standard InChI is InChI=1S/C17H16ClN5/c1-11(19)22-23-16-10-20-17(12-5-3-2-4-6-12)14-9-13(18)7-8-15(14)21-16/h2-9H,10H2,1H3,(H2,19,22)(H,21,23). The van der Waals surface area contributed by atoms with Crippen LogP contribution in [0.4, 0.5) is 5.69 Å². The summed E-state index contributed by atoms with van der Waals surface area (Å²) in [5, 5.41) is 4.64. The number of nitrogens with two attached hydrogens (primary N) is 1. The number of amidine groups is 2. The molecular weight excluding hydrogens is 310 g/mol. The highest BCUT2D eigenvalue weighted by Crippen LogP contribution is 2.28. The predicted octanol–water partition coefficient (Wildman–Crippen LogP) is 3.10. The average Bonchev–Trinajstić information content (AvgIpc) is 2.73. The largest absolute Gasteiger partial charge is 0.386 e. The zero-order valence-electron chi connectivity index (χ0n) is 12.6. The van der Waals surface area contributed by atoms with Crippen LogP contribution in [0.5, 0.6) is 0 Å². The predicted molar refractivity (Wildman–Crippen MR) is 95.9 cm³/mol. The van der Waals surface area contributed by atoms with Crippen molar-refractivity contribution in [2.45, 2.75) is 6.92 Å². The number of nitrogens with zero attached hydrogens (tertiary/aromatic N) is 3. The van der Waals surface area contributed by atoms with Gasteiger partial charge in [-0.3, -0.25) is 10.4 Å². The summed E-state index contributed by atoms with van der Waals surface area (Å²) in [4.78, 5) is 9.29. The number of fused-ring (bicyclic) bond motifs is 1. The minimum atomic E-state index is 0.382. The minimum Gasteiger partial charge on any atom is -0.386 e. The molecule has 0 aromatic heterocycles. The number of benzene rings is 2. The monoisotopic (exact) mass is 325 g/mol. The molecule has 0 spiro atoms. The van der Waals surface area contributed by atoms with Gasteiger partial charge in [0.15, 0.2) is 0 Å². The van der Waals surface area contributed by atoms with Gasteiger partial charge in [-0.1, -0.05) is 41.9 Å². The van der Waals surface area contributed by atoms with Crippen molar-refractivity contribution in [1.82, 2.24) is 5.43 Å². The van der Waals surface area contributed by atoms with Crippen LogP contribution in [0.25, 0.3) is 0 Å². The first-order valence-electron chi connectivity index (χ1n) is 7.16. The zero-order chi connectivity index (χ0) is 16.2. The maximum absolute atomic E-state index is 6.16. The molecule has 0 saturated heterocycles. The van der Waals surface area contributed by atoms with Gasteiger partial charge in [-0.05, 0) is 25.1 Å². The summed E-state index contributed by atoms with van der Waals surface area (Å²) in [6.07, 6.45) is 0. The number of aliphatic imine (C=N–C) groups is 2. The van der Waals surface area contributed by atoms with Crippen molar-refractivity contribution < 1.29 is 0 Å². The van der Waals surface area contributed by atoms with Crippen LogP contribution >= 0.6 is 11.6 Å². The van der Waals surface area contributed by atoms with E-state index in [2.05, 4.69) is 20.5 Å². The lowest BCUT2D eigenvalue weighted by Gasteiger charge is -2.08. The van der Waals surface area contributed by atoms with Gasteiger partial charge in [0.05, 0.1) is 17.9 Å². The van der Waals surface area contributed by atoms with E-state index in [1.807, 2.05) is 48.5 Å². The zero-order valence-corrected chi connectivity index (χ0v) is 13.4. The van der Waals surface area contributed by atoms with Crippen molar-refractivity contribution in [1.29, 1.82) is 0 Å². The Morgan fingerprint density at radius 2 is 2.00 bits per heavy atom. The molecule has 0 amide bonds. The topological polar surface area (TPSA) is 75.1 Å². The highest BCUT2D eigenvalue weighted by atomic mass is 35.5. The van der Waals surface area contributed by atoms with Crippen LogP contribution in [0.1, 0.15) is 18.1 Å². The molecule has 3 N–H and O–H groups in total. The van der Waals surface area contributed by atoms with Gasteiger partial charge in [0, 0.05) is 16.1 Å². The second kappa shape index (κ2) is 6.62. The maximum Gasteiger partial charge on any atom is 0.144 e. The van der Waals surface area contributed by atoms with Gasteiger partial charge in [-0.15, -0.1) is 0 Å². The molecule has 0 unspecified atom stereocenters. The molecule has 6 heteroatoms. The molecule has 116 valence electrons. The van der Waals surface area contributed by atoms with E-state index in [0.717, 1.165) is 22.5 Å². The molecule has 2 aromatic carbocycles. The van der Waals surface area contributed by atoms with E-state index in [9.17, 15) is 0 Å². The Morgan fingerprint density at radius 1 is 1.22 bits per heavy atom. The lowest BCUT2D eigenvalue weighted by atomic mass is 10.0. The van der Waals surface area contributed by atoms with E-state index < -0.39 is 0 Å². The first kappa shape index (κ1) is 15.2. The van der Waals surface area contributed by atoms with Gasteiger partial charge in [0.25, 0.3) is 0 Å². The molecule has 0 fully saturated rings. The Labute approximate surface area is 139 Å². The fourth-order valence-corrected chi connectivity index (χ4v) is 2.44. The molecule has 1 heterocycles. The SMILES string of the molecule is C/C(N)=N/NC1=Nc2ccc(Cl)cc2C(c2ccccc2)=NC1. The molecule has 0 radical (unpaired) electrons. The Morgan fingerprint density at radius 3 is 2.74 bits per heavy atom. The number of halogens is 1. The van der Waals surface area contributed by atoms with Gasteiger partial charge in [-0.2, -0.15) is 5.10 Å². The summed E-state index contributed by atoms with van der Waals surface area (Å²) in [7, 11) is 0. The van der Waals surface area contributed by atoms with Crippen LogP contribution in [0.2, 0.25) is 5.02 Å². The molecule has 0 atom stereocenters. The molecule has 2 aromatic rings. The number of nitrogens with one attached hydrogen (secondary N) is 1. The van der Waals surface area contributed by atoms with Crippen molar-refractivity contribution in [2.24, 2.45) is 20.8 Å². The molecule has 3 rings (SSSR count).